The van der Waals surface area contributed by atoms with Crippen molar-refractivity contribution in [2.45, 2.75) is 13.3 Å². The Hall–Kier alpha value is -0.150. The quantitative estimate of drug-likeness (QED) is 0.500. The molecule has 40 valence electrons. The van der Waals surface area contributed by atoms with Crippen molar-refractivity contribution in [2.24, 2.45) is 0 Å². The molecule has 0 amide bonds. The van der Waals surface area contributed by atoms with Crippen molar-refractivity contribution < 1.29 is 0 Å². The number of hydrogen-bond donors (Lipinski definition) is 2. The fraction of sp³-hybridized carbons (Fsp3) is 0.500. The second-order valence-electron chi connectivity index (χ2n) is 1.34. The molecule has 0 aromatic rings. The van der Waals surface area contributed by atoms with Gasteiger partial charge in [0.2, 0.25) is 0 Å². The van der Waals surface area contributed by atoms with Crippen molar-refractivity contribution in [1.82, 2.24) is 10.3 Å². The molecule has 1 rings (SSSR count). The zero-order valence-corrected chi connectivity index (χ0v) is 5.01. The lowest BCUT2D eigenvalue weighted by Crippen LogP contribution is -2.17. The largest absolute Gasteiger partial charge is 0.315 e. The van der Waals surface area contributed by atoms with Crippen LogP contribution in [0.2, 0.25) is 0 Å². The van der Waals surface area contributed by atoms with E-state index in [2.05, 4.69) is 22.6 Å². The summed E-state index contributed by atoms with van der Waals surface area (Å²) in [6.45, 7) is 2.12. The van der Waals surface area contributed by atoms with Gasteiger partial charge in [0.05, 0.1) is 0 Å². The number of hydrazine groups is 1. The van der Waals surface area contributed by atoms with E-state index in [1.165, 1.54) is 5.70 Å². The van der Waals surface area contributed by atoms with E-state index in [4.69, 9.17) is 0 Å². The molecule has 0 spiro atoms. The predicted molar refractivity (Wildman–Crippen MR) is 32.2 cm³/mol. The zero-order chi connectivity index (χ0) is 5.11. The van der Waals surface area contributed by atoms with Crippen molar-refractivity contribution in [2.75, 3.05) is 0 Å². The van der Waals surface area contributed by atoms with E-state index in [0.29, 0.717) is 0 Å². The van der Waals surface area contributed by atoms with Crippen LogP contribution in [0.25, 0.3) is 0 Å². The Morgan fingerprint density at radius 2 is 2.71 bits per heavy atom. The molecule has 0 unspecified atom stereocenters. The van der Waals surface area contributed by atoms with Gasteiger partial charge in [-0.25, -0.2) is 0 Å². The molecule has 1 aliphatic heterocycles. The van der Waals surface area contributed by atoms with Crippen LogP contribution in [0.3, 0.4) is 0 Å². The minimum atomic E-state index is 1.08. The molecule has 7 heavy (non-hydrogen) atoms. The molecule has 0 aromatic carbocycles. The van der Waals surface area contributed by atoms with Crippen LogP contribution >= 0.6 is 11.9 Å². The summed E-state index contributed by atoms with van der Waals surface area (Å²) in [4.78, 5) is 2.90. The molecule has 1 heterocycles. The van der Waals surface area contributed by atoms with Crippen LogP contribution in [-0.4, -0.2) is 0 Å². The van der Waals surface area contributed by atoms with Gasteiger partial charge in [-0.3, -0.25) is 0 Å². The average molecular weight is 116 g/mol. The van der Waals surface area contributed by atoms with Crippen LogP contribution in [0.1, 0.15) is 13.3 Å². The topological polar surface area (TPSA) is 24.1 Å². The van der Waals surface area contributed by atoms with E-state index < -0.39 is 0 Å². The number of rotatable bonds is 1. The van der Waals surface area contributed by atoms with E-state index in [1.807, 2.05) is 0 Å². The van der Waals surface area contributed by atoms with Gasteiger partial charge in [0.15, 0.2) is 0 Å². The Balaban J connectivity index is 2.36. The van der Waals surface area contributed by atoms with Gasteiger partial charge in [0, 0.05) is 11.1 Å². The lowest BCUT2D eigenvalue weighted by Gasteiger charge is -1.94. The molecule has 3 heteroatoms. The summed E-state index contributed by atoms with van der Waals surface area (Å²) in [7, 11) is 0. The lowest BCUT2D eigenvalue weighted by atomic mass is 10.4. The smallest absolute Gasteiger partial charge is 0.0344 e. The van der Waals surface area contributed by atoms with Crippen LogP contribution in [-0.2, 0) is 0 Å². The molecule has 2 N–H and O–H groups in total. The molecule has 0 atom stereocenters. The van der Waals surface area contributed by atoms with Gasteiger partial charge in [-0.05, 0) is 18.4 Å². The Kier molecular flexibility index (Phi) is 1.59. The Bertz CT molecular complexity index is 89.7. The first-order valence-corrected chi connectivity index (χ1v) is 3.17. The summed E-state index contributed by atoms with van der Waals surface area (Å²) < 4.78 is 0. The number of nitrogens with one attached hydrogen (secondary N) is 2. The summed E-state index contributed by atoms with van der Waals surface area (Å²) in [5.41, 5.74) is 4.25. The van der Waals surface area contributed by atoms with Gasteiger partial charge in [0.25, 0.3) is 0 Å². The number of allylic oxidation sites excluding steroid dienone is 1. The second kappa shape index (κ2) is 2.23. The molecule has 0 saturated carbocycles. The molecule has 2 nitrogen and oxygen atoms in total. The molecular weight excluding hydrogens is 108 g/mol. The summed E-state index contributed by atoms with van der Waals surface area (Å²) in [5, 5.41) is 2.07. The molecule has 0 bridgehead atoms. The fourth-order valence-electron chi connectivity index (χ4n) is 0.397. The highest BCUT2D eigenvalue weighted by Crippen LogP contribution is 2.08. The monoisotopic (exact) mass is 116 g/mol. The Morgan fingerprint density at radius 3 is 3.00 bits per heavy atom. The van der Waals surface area contributed by atoms with Gasteiger partial charge in [0.1, 0.15) is 0 Å². The van der Waals surface area contributed by atoms with Gasteiger partial charge in [-0.2, -0.15) is 4.83 Å². The van der Waals surface area contributed by atoms with Crippen molar-refractivity contribution in [3.63, 3.8) is 0 Å². The van der Waals surface area contributed by atoms with E-state index in [-0.39, 0.29) is 0 Å². The lowest BCUT2D eigenvalue weighted by molar-refractivity contribution is 0.790. The second-order valence-corrected chi connectivity index (χ2v) is 2.02. The van der Waals surface area contributed by atoms with Crippen LogP contribution in [0.5, 0.6) is 0 Å². The normalized spacial score (nSPS) is 18.7. The third kappa shape index (κ3) is 1.11. The van der Waals surface area contributed by atoms with E-state index >= 15 is 0 Å². The highest BCUT2D eigenvalue weighted by atomic mass is 32.2. The Morgan fingerprint density at radius 1 is 1.86 bits per heavy atom. The highest BCUT2D eigenvalue weighted by molar-refractivity contribution is 8.00. The van der Waals surface area contributed by atoms with E-state index in [1.54, 1.807) is 11.9 Å². The summed E-state index contributed by atoms with van der Waals surface area (Å²) in [5.74, 6) is 0. The first kappa shape index (κ1) is 5.00. The first-order valence-electron chi connectivity index (χ1n) is 2.29. The van der Waals surface area contributed by atoms with Gasteiger partial charge in [-0.1, -0.05) is 6.92 Å². The van der Waals surface area contributed by atoms with E-state index in [0.717, 1.165) is 6.42 Å². The van der Waals surface area contributed by atoms with E-state index in [9.17, 15) is 0 Å². The minimum absolute atomic E-state index is 1.08. The van der Waals surface area contributed by atoms with Gasteiger partial charge >= 0.3 is 0 Å². The van der Waals surface area contributed by atoms with Gasteiger partial charge < -0.3 is 5.43 Å². The standard InChI is InChI=1S/C4H8N2S/c1-2-4-3-7-6-5-4/h3,5-6H,2H2,1H3. The number of hydrogen-bond acceptors (Lipinski definition) is 3. The zero-order valence-electron chi connectivity index (χ0n) is 4.19. The highest BCUT2D eigenvalue weighted by Gasteiger charge is 1.96. The first-order chi connectivity index (χ1) is 3.43. The molecule has 0 aromatic heterocycles. The molecule has 1 aliphatic rings. The third-order valence-electron chi connectivity index (χ3n) is 0.853. The van der Waals surface area contributed by atoms with Crippen molar-refractivity contribution in [3.05, 3.63) is 11.1 Å². The summed E-state index contributed by atoms with van der Waals surface area (Å²) >= 11 is 1.58. The summed E-state index contributed by atoms with van der Waals surface area (Å²) in [6.07, 6.45) is 1.08. The molecule has 0 fully saturated rings. The third-order valence-corrected chi connectivity index (χ3v) is 1.47. The summed E-state index contributed by atoms with van der Waals surface area (Å²) in [6, 6.07) is 0. The van der Waals surface area contributed by atoms with Crippen LogP contribution in [0, 0.1) is 0 Å². The molecule has 0 saturated heterocycles. The average Bonchev–Trinajstić information content (AvgIpc) is 2.14. The van der Waals surface area contributed by atoms with Gasteiger partial charge in [-0.15, -0.1) is 0 Å². The minimum Gasteiger partial charge on any atom is -0.315 e. The fourth-order valence-corrected chi connectivity index (χ4v) is 1.01. The maximum atomic E-state index is 2.98. The van der Waals surface area contributed by atoms with Crippen LogP contribution < -0.4 is 10.3 Å². The maximum absolute atomic E-state index is 2.98. The van der Waals surface area contributed by atoms with Crippen LogP contribution in [0.15, 0.2) is 11.1 Å². The van der Waals surface area contributed by atoms with Crippen molar-refractivity contribution in [1.29, 1.82) is 0 Å². The molecular formula is C4H8N2S. The van der Waals surface area contributed by atoms with Crippen molar-refractivity contribution in [3.8, 4) is 0 Å². The SMILES string of the molecule is CCC1=CSNN1. The molecule has 0 radical (unpaired) electrons. The Labute approximate surface area is 47.5 Å². The predicted octanol–water partition coefficient (Wildman–Crippen LogP) is 0.994. The van der Waals surface area contributed by atoms with Crippen LogP contribution in [0.4, 0.5) is 0 Å². The maximum Gasteiger partial charge on any atom is 0.0344 e. The molecule has 0 aliphatic carbocycles. The van der Waals surface area contributed by atoms with Crippen molar-refractivity contribution >= 4 is 11.9 Å².